The van der Waals surface area contributed by atoms with E-state index in [0.29, 0.717) is 29.2 Å². The van der Waals surface area contributed by atoms with Crippen LogP contribution < -0.4 is 9.64 Å². The molecule has 1 aliphatic rings. The van der Waals surface area contributed by atoms with Crippen LogP contribution in [0.5, 0.6) is 11.5 Å². The van der Waals surface area contributed by atoms with Gasteiger partial charge in [-0.15, -0.1) is 0 Å². The number of nitrogens with zero attached hydrogens (tertiary/aromatic N) is 1. The standard InChI is InChI=1S/C30H31NO5/c1-4-5-6-17-36-25-15-10-22(11-16-25)28(33)26-27(21-8-13-24(32)14-9-21)31(30(35)29(26)34)23-12-7-19(2)20(3)18-23/h7-16,18,27,32-33H,4-6,17H2,1-3H3/b28-26+. The van der Waals surface area contributed by atoms with Gasteiger partial charge < -0.3 is 14.9 Å². The molecular formula is C30H31NO5. The lowest BCUT2D eigenvalue weighted by Crippen LogP contribution is -2.29. The fourth-order valence-electron chi connectivity index (χ4n) is 4.35. The molecule has 0 bridgehead atoms. The van der Waals surface area contributed by atoms with E-state index in [4.69, 9.17) is 4.74 Å². The highest BCUT2D eigenvalue weighted by molar-refractivity contribution is 6.51. The van der Waals surface area contributed by atoms with Gasteiger partial charge in [0.25, 0.3) is 11.7 Å². The van der Waals surface area contributed by atoms with E-state index in [1.165, 1.54) is 17.0 Å². The van der Waals surface area contributed by atoms with Gasteiger partial charge in [0.2, 0.25) is 0 Å². The van der Waals surface area contributed by atoms with Gasteiger partial charge in [-0.05, 0) is 85.5 Å². The molecule has 36 heavy (non-hydrogen) atoms. The summed E-state index contributed by atoms with van der Waals surface area (Å²) in [5.41, 5.74) is 3.62. The first-order valence-electron chi connectivity index (χ1n) is 12.2. The third-order valence-electron chi connectivity index (χ3n) is 6.57. The number of hydrogen-bond acceptors (Lipinski definition) is 5. The van der Waals surface area contributed by atoms with Crippen LogP contribution in [0.1, 0.15) is 54.5 Å². The molecule has 1 amide bonds. The Labute approximate surface area is 211 Å². The Kier molecular flexibility index (Phi) is 7.44. The lowest BCUT2D eigenvalue weighted by molar-refractivity contribution is -0.132. The van der Waals surface area contributed by atoms with E-state index in [1.54, 1.807) is 42.5 Å². The number of phenols is 1. The Hall–Kier alpha value is -4.06. The summed E-state index contributed by atoms with van der Waals surface area (Å²) >= 11 is 0. The highest BCUT2D eigenvalue weighted by Crippen LogP contribution is 2.42. The van der Waals surface area contributed by atoms with E-state index in [0.717, 1.165) is 30.4 Å². The molecule has 0 radical (unpaired) electrons. The van der Waals surface area contributed by atoms with Gasteiger partial charge in [0.15, 0.2) is 0 Å². The molecule has 1 saturated heterocycles. The number of aliphatic hydroxyl groups is 1. The van der Waals surface area contributed by atoms with Crippen molar-refractivity contribution in [2.45, 2.75) is 46.1 Å². The average molecular weight is 486 g/mol. The average Bonchev–Trinajstić information content (AvgIpc) is 3.14. The van der Waals surface area contributed by atoms with Gasteiger partial charge in [-0.2, -0.15) is 0 Å². The van der Waals surface area contributed by atoms with Gasteiger partial charge in [-0.25, -0.2) is 0 Å². The van der Waals surface area contributed by atoms with Gasteiger partial charge >= 0.3 is 0 Å². The molecule has 0 aromatic heterocycles. The molecule has 0 saturated carbocycles. The van der Waals surface area contributed by atoms with E-state index >= 15 is 0 Å². The second-order valence-electron chi connectivity index (χ2n) is 9.11. The van der Waals surface area contributed by atoms with Gasteiger partial charge in [0.1, 0.15) is 17.3 Å². The minimum atomic E-state index is -0.849. The number of ether oxygens (including phenoxy) is 1. The number of unbranched alkanes of at least 4 members (excludes halogenated alkanes) is 2. The maximum atomic E-state index is 13.3. The normalized spacial score (nSPS) is 17.0. The molecule has 0 aliphatic carbocycles. The molecule has 6 nitrogen and oxygen atoms in total. The van der Waals surface area contributed by atoms with E-state index < -0.39 is 17.7 Å². The number of aliphatic hydroxyl groups excluding tert-OH is 1. The van der Waals surface area contributed by atoms with Crippen LogP contribution in [0.25, 0.3) is 5.76 Å². The van der Waals surface area contributed by atoms with Crippen molar-refractivity contribution in [3.8, 4) is 11.5 Å². The zero-order chi connectivity index (χ0) is 25.8. The minimum Gasteiger partial charge on any atom is -0.508 e. The SMILES string of the molecule is CCCCCOc1ccc(/C(O)=C2\C(=O)C(=O)N(c3ccc(C)c(C)c3)C2c2ccc(O)cc2)cc1. The number of aryl methyl sites for hydroxylation is 2. The molecule has 4 rings (SSSR count). The molecule has 1 unspecified atom stereocenters. The zero-order valence-electron chi connectivity index (χ0n) is 20.8. The van der Waals surface area contributed by atoms with Crippen molar-refractivity contribution in [2.75, 3.05) is 11.5 Å². The summed E-state index contributed by atoms with van der Waals surface area (Å²) in [4.78, 5) is 28.0. The first-order chi connectivity index (χ1) is 17.3. The third-order valence-corrected chi connectivity index (χ3v) is 6.57. The van der Waals surface area contributed by atoms with E-state index in [-0.39, 0.29) is 17.1 Å². The molecule has 1 heterocycles. The number of anilines is 1. The zero-order valence-corrected chi connectivity index (χ0v) is 20.8. The van der Waals surface area contributed by atoms with Crippen LogP contribution in [-0.4, -0.2) is 28.5 Å². The van der Waals surface area contributed by atoms with Crippen molar-refractivity contribution >= 4 is 23.1 Å². The quantitative estimate of drug-likeness (QED) is 0.172. The number of carbonyl (C=O) groups is 2. The molecule has 6 heteroatoms. The van der Waals surface area contributed by atoms with Gasteiger partial charge in [0.05, 0.1) is 18.2 Å². The number of benzene rings is 3. The van der Waals surface area contributed by atoms with Gasteiger partial charge in [-0.3, -0.25) is 14.5 Å². The summed E-state index contributed by atoms with van der Waals surface area (Å²) in [5, 5.41) is 21.1. The molecule has 1 fully saturated rings. The number of phenolic OH excluding ortho intramolecular Hbond substituents is 1. The van der Waals surface area contributed by atoms with E-state index in [9.17, 15) is 19.8 Å². The van der Waals surface area contributed by atoms with Crippen LogP contribution in [0.4, 0.5) is 5.69 Å². The van der Waals surface area contributed by atoms with Crippen LogP contribution in [0, 0.1) is 13.8 Å². The van der Waals surface area contributed by atoms with Crippen LogP contribution in [0.15, 0.2) is 72.3 Å². The Morgan fingerprint density at radius 3 is 2.25 bits per heavy atom. The third kappa shape index (κ3) is 4.98. The van der Waals surface area contributed by atoms with Crippen LogP contribution in [0.3, 0.4) is 0 Å². The summed E-state index contributed by atoms with van der Waals surface area (Å²) in [5.74, 6) is -0.988. The van der Waals surface area contributed by atoms with Crippen molar-refractivity contribution in [1.82, 2.24) is 0 Å². The number of Topliss-reactive ketones (excluding diaryl/α,β-unsaturated/α-hetero) is 1. The topological polar surface area (TPSA) is 87.1 Å². The Morgan fingerprint density at radius 2 is 1.61 bits per heavy atom. The van der Waals surface area contributed by atoms with Crippen molar-refractivity contribution < 1.29 is 24.5 Å². The second kappa shape index (κ2) is 10.7. The van der Waals surface area contributed by atoms with Crippen LogP contribution >= 0.6 is 0 Å². The van der Waals surface area contributed by atoms with E-state index in [2.05, 4.69) is 6.92 Å². The molecule has 3 aromatic rings. The Morgan fingerprint density at radius 1 is 0.917 bits per heavy atom. The fraction of sp³-hybridized carbons (Fsp3) is 0.267. The van der Waals surface area contributed by atoms with Crippen molar-refractivity contribution in [3.05, 3.63) is 94.6 Å². The number of amides is 1. The second-order valence-corrected chi connectivity index (χ2v) is 9.11. The molecule has 1 aliphatic heterocycles. The summed E-state index contributed by atoms with van der Waals surface area (Å²) in [6.45, 7) is 6.66. The maximum Gasteiger partial charge on any atom is 0.300 e. The highest BCUT2D eigenvalue weighted by Gasteiger charge is 2.47. The highest BCUT2D eigenvalue weighted by atomic mass is 16.5. The number of ketones is 1. The van der Waals surface area contributed by atoms with Crippen molar-refractivity contribution in [2.24, 2.45) is 0 Å². The molecule has 0 spiro atoms. The number of carbonyl (C=O) groups excluding carboxylic acids is 2. The largest absolute Gasteiger partial charge is 0.508 e. The van der Waals surface area contributed by atoms with Crippen molar-refractivity contribution in [1.29, 1.82) is 0 Å². The molecule has 2 N–H and O–H groups in total. The molecule has 1 atom stereocenters. The maximum absolute atomic E-state index is 13.3. The van der Waals surface area contributed by atoms with Crippen molar-refractivity contribution in [3.63, 3.8) is 0 Å². The number of aromatic hydroxyl groups is 1. The smallest absolute Gasteiger partial charge is 0.300 e. The number of rotatable bonds is 8. The summed E-state index contributed by atoms with van der Waals surface area (Å²) in [6.07, 6.45) is 3.17. The summed E-state index contributed by atoms with van der Waals surface area (Å²) < 4.78 is 5.75. The predicted molar refractivity (Wildman–Crippen MR) is 140 cm³/mol. The summed E-state index contributed by atoms with van der Waals surface area (Å²) in [6, 6.07) is 17.9. The lowest BCUT2D eigenvalue weighted by Gasteiger charge is -2.26. The Bertz CT molecular complexity index is 1290. The summed E-state index contributed by atoms with van der Waals surface area (Å²) in [7, 11) is 0. The molecular weight excluding hydrogens is 454 g/mol. The van der Waals surface area contributed by atoms with Gasteiger partial charge in [-0.1, -0.05) is 38.0 Å². The number of hydrogen-bond donors (Lipinski definition) is 2. The fourth-order valence-corrected chi connectivity index (χ4v) is 4.35. The molecule has 186 valence electrons. The molecule has 3 aromatic carbocycles. The van der Waals surface area contributed by atoms with E-state index in [1.807, 2.05) is 26.0 Å². The lowest BCUT2D eigenvalue weighted by atomic mass is 9.95. The monoisotopic (exact) mass is 485 g/mol. The minimum absolute atomic E-state index is 0.000493. The van der Waals surface area contributed by atoms with Gasteiger partial charge in [0, 0.05) is 11.3 Å². The van der Waals surface area contributed by atoms with Crippen LogP contribution in [0.2, 0.25) is 0 Å². The van der Waals surface area contributed by atoms with Crippen LogP contribution in [-0.2, 0) is 9.59 Å². The predicted octanol–water partition coefficient (Wildman–Crippen LogP) is 6.20. The first kappa shape index (κ1) is 25.0. The Balaban J connectivity index is 1.76. The first-order valence-corrected chi connectivity index (χ1v) is 12.2.